The zero-order valence-corrected chi connectivity index (χ0v) is 12.2. The van der Waals surface area contributed by atoms with Gasteiger partial charge in [0.05, 0.1) is 20.2 Å². The van der Waals surface area contributed by atoms with E-state index in [-0.39, 0.29) is 6.54 Å². The van der Waals surface area contributed by atoms with Crippen LogP contribution in [0.5, 0.6) is 5.75 Å². The van der Waals surface area contributed by atoms with Crippen LogP contribution in [-0.2, 0) is 13.1 Å². The maximum atomic E-state index is 5.50. The van der Waals surface area contributed by atoms with E-state index in [9.17, 15) is 0 Å². The molecule has 21 heavy (non-hydrogen) atoms. The van der Waals surface area contributed by atoms with Gasteiger partial charge >= 0.3 is 0 Å². The predicted octanol–water partition coefficient (Wildman–Crippen LogP) is 1.87. The third kappa shape index (κ3) is 3.06. The van der Waals surface area contributed by atoms with Gasteiger partial charge in [-0.3, -0.25) is 4.90 Å². The highest BCUT2D eigenvalue weighted by molar-refractivity contribution is 5.29. The van der Waals surface area contributed by atoms with Crippen LogP contribution in [0.15, 0.2) is 28.8 Å². The highest BCUT2D eigenvalue weighted by Crippen LogP contribution is 2.33. The van der Waals surface area contributed by atoms with Crippen molar-refractivity contribution in [2.24, 2.45) is 5.73 Å². The highest BCUT2D eigenvalue weighted by atomic mass is 16.5. The number of nitrogens with two attached hydrogens (primary N) is 1. The van der Waals surface area contributed by atoms with E-state index in [4.69, 9.17) is 15.0 Å². The average molecular weight is 288 g/mol. The molecule has 0 radical (unpaired) electrons. The molecular formula is C15H20N4O2. The minimum atomic E-state index is 0.287. The van der Waals surface area contributed by atoms with Crippen LogP contribution in [0.2, 0.25) is 0 Å². The largest absolute Gasteiger partial charge is 0.497 e. The van der Waals surface area contributed by atoms with Gasteiger partial charge in [0.15, 0.2) is 5.82 Å². The number of methoxy groups -OCH3 is 1. The Balaban J connectivity index is 1.72. The molecule has 1 atom stereocenters. The molecule has 2 N–H and O–H groups in total. The van der Waals surface area contributed by atoms with Crippen LogP contribution < -0.4 is 10.5 Å². The lowest BCUT2D eigenvalue weighted by Crippen LogP contribution is -2.23. The molecule has 0 saturated carbocycles. The van der Waals surface area contributed by atoms with Crippen molar-refractivity contribution in [1.82, 2.24) is 15.0 Å². The van der Waals surface area contributed by atoms with Gasteiger partial charge in [-0.15, -0.1) is 0 Å². The van der Waals surface area contributed by atoms with E-state index in [0.29, 0.717) is 24.3 Å². The number of nitrogens with zero attached hydrogens (tertiary/aromatic N) is 3. The first kappa shape index (κ1) is 14.0. The van der Waals surface area contributed by atoms with Crippen LogP contribution in [0.4, 0.5) is 0 Å². The van der Waals surface area contributed by atoms with E-state index < -0.39 is 0 Å². The first-order valence-electron chi connectivity index (χ1n) is 7.19. The summed E-state index contributed by atoms with van der Waals surface area (Å²) in [6, 6.07) is 8.67. The van der Waals surface area contributed by atoms with E-state index in [2.05, 4.69) is 27.2 Å². The van der Waals surface area contributed by atoms with E-state index in [1.165, 1.54) is 12.0 Å². The Hall–Kier alpha value is -1.92. The van der Waals surface area contributed by atoms with Crippen molar-refractivity contribution >= 4 is 0 Å². The van der Waals surface area contributed by atoms with Crippen LogP contribution in [0.25, 0.3) is 0 Å². The van der Waals surface area contributed by atoms with Gasteiger partial charge in [0.1, 0.15) is 5.75 Å². The molecular weight excluding hydrogens is 268 g/mol. The van der Waals surface area contributed by atoms with Gasteiger partial charge in [-0.1, -0.05) is 17.3 Å². The van der Waals surface area contributed by atoms with Crippen LogP contribution in [0.3, 0.4) is 0 Å². The lowest BCUT2D eigenvalue weighted by Gasteiger charge is -2.23. The number of ether oxygens (including phenoxy) is 1. The fraction of sp³-hybridized carbons (Fsp3) is 0.467. The zero-order valence-electron chi connectivity index (χ0n) is 12.2. The molecule has 6 heteroatoms. The molecule has 1 unspecified atom stereocenters. The number of likely N-dealkylation sites (tertiary alicyclic amines) is 1. The van der Waals surface area contributed by atoms with Crippen molar-refractivity contribution in [2.45, 2.75) is 32.0 Å². The monoisotopic (exact) mass is 288 g/mol. The van der Waals surface area contributed by atoms with Crippen LogP contribution in [-0.4, -0.2) is 28.7 Å². The smallest absolute Gasteiger partial charge is 0.240 e. The molecule has 2 aromatic rings. The van der Waals surface area contributed by atoms with Crippen molar-refractivity contribution in [3.05, 3.63) is 41.5 Å². The molecule has 1 saturated heterocycles. The summed E-state index contributed by atoms with van der Waals surface area (Å²) >= 11 is 0. The minimum Gasteiger partial charge on any atom is -0.497 e. The van der Waals surface area contributed by atoms with Crippen molar-refractivity contribution in [3.8, 4) is 5.75 Å². The van der Waals surface area contributed by atoms with E-state index in [1.54, 1.807) is 7.11 Å². The summed E-state index contributed by atoms with van der Waals surface area (Å²) in [5.41, 5.74) is 6.80. The van der Waals surface area contributed by atoms with Crippen molar-refractivity contribution in [3.63, 3.8) is 0 Å². The normalized spacial score (nSPS) is 19.0. The van der Waals surface area contributed by atoms with E-state index in [0.717, 1.165) is 18.7 Å². The molecule has 1 fully saturated rings. The summed E-state index contributed by atoms with van der Waals surface area (Å²) in [4.78, 5) is 6.67. The molecule has 0 aliphatic carbocycles. The number of rotatable bonds is 5. The van der Waals surface area contributed by atoms with Gasteiger partial charge in [0.25, 0.3) is 0 Å². The second-order valence-corrected chi connectivity index (χ2v) is 5.21. The van der Waals surface area contributed by atoms with Gasteiger partial charge in [0, 0.05) is 6.04 Å². The Morgan fingerprint density at radius 3 is 2.86 bits per heavy atom. The fourth-order valence-corrected chi connectivity index (χ4v) is 2.84. The molecule has 2 heterocycles. The maximum Gasteiger partial charge on any atom is 0.240 e. The molecule has 1 aromatic heterocycles. The van der Waals surface area contributed by atoms with Gasteiger partial charge in [0.2, 0.25) is 5.89 Å². The molecule has 1 aliphatic heterocycles. The molecule has 1 aromatic carbocycles. The SMILES string of the molecule is COc1ccc(C2CCCN2Cc2noc(CN)n2)cc1. The summed E-state index contributed by atoms with van der Waals surface area (Å²) < 4.78 is 10.3. The molecule has 3 rings (SSSR count). The highest BCUT2D eigenvalue weighted by Gasteiger charge is 2.27. The second kappa shape index (κ2) is 6.24. The van der Waals surface area contributed by atoms with E-state index in [1.807, 2.05) is 12.1 Å². The van der Waals surface area contributed by atoms with Crippen molar-refractivity contribution in [2.75, 3.05) is 13.7 Å². The summed E-state index contributed by atoms with van der Waals surface area (Å²) in [5, 5.41) is 3.98. The standard InChI is InChI=1S/C15H20N4O2/c1-20-12-6-4-11(5-7-12)13-3-2-8-19(13)10-14-17-15(9-16)21-18-14/h4-7,13H,2-3,8-10,16H2,1H3. The Kier molecular flexibility index (Phi) is 4.17. The van der Waals surface area contributed by atoms with Gasteiger partial charge in [-0.2, -0.15) is 4.98 Å². The molecule has 0 amide bonds. The fourth-order valence-electron chi connectivity index (χ4n) is 2.84. The molecule has 0 spiro atoms. The lowest BCUT2D eigenvalue weighted by molar-refractivity contribution is 0.238. The van der Waals surface area contributed by atoms with Gasteiger partial charge in [-0.05, 0) is 37.1 Å². The topological polar surface area (TPSA) is 77.4 Å². The zero-order chi connectivity index (χ0) is 14.7. The number of hydrogen-bond donors (Lipinski definition) is 1. The minimum absolute atomic E-state index is 0.287. The van der Waals surface area contributed by atoms with Crippen LogP contribution in [0.1, 0.15) is 36.2 Å². The average Bonchev–Trinajstić information content (AvgIpc) is 3.17. The van der Waals surface area contributed by atoms with Gasteiger partial charge in [-0.25, -0.2) is 0 Å². The molecule has 0 bridgehead atoms. The second-order valence-electron chi connectivity index (χ2n) is 5.21. The lowest BCUT2D eigenvalue weighted by atomic mass is 10.0. The third-order valence-electron chi connectivity index (χ3n) is 3.89. The van der Waals surface area contributed by atoms with E-state index >= 15 is 0 Å². The van der Waals surface area contributed by atoms with Crippen molar-refractivity contribution < 1.29 is 9.26 Å². The summed E-state index contributed by atoms with van der Waals surface area (Å²) in [7, 11) is 1.68. The summed E-state index contributed by atoms with van der Waals surface area (Å²) in [6.07, 6.45) is 2.33. The Bertz CT molecular complexity index is 582. The maximum absolute atomic E-state index is 5.50. The number of benzene rings is 1. The first-order valence-corrected chi connectivity index (χ1v) is 7.19. The Morgan fingerprint density at radius 1 is 1.38 bits per heavy atom. The summed E-state index contributed by atoms with van der Waals surface area (Å²) in [6.45, 7) is 2.03. The number of hydrogen-bond acceptors (Lipinski definition) is 6. The molecule has 6 nitrogen and oxygen atoms in total. The quantitative estimate of drug-likeness (QED) is 0.905. The van der Waals surface area contributed by atoms with Crippen LogP contribution >= 0.6 is 0 Å². The number of aromatic nitrogens is 2. The Labute approximate surface area is 123 Å². The Morgan fingerprint density at radius 2 is 2.19 bits per heavy atom. The molecule has 112 valence electrons. The van der Waals surface area contributed by atoms with Crippen LogP contribution in [0, 0.1) is 0 Å². The summed E-state index contributed by atoms with van der Waals surface area (Å²) in [5.74, 6) is 2.08. The van der Waals surface area contributed by atoms with Crippen molar-refractivity contribution in [1.29, 1.82) is 0 Å². The third-order valence-corrected chi connectivity index (χ3v) is 3.89. The predicted molar refractivity (Wildman–Crippen MR) is 77.6 cm³/mol. The van der Waals surface area contributed by atoms with Gasteiger partial charge < -0.3 is 15.0 Å². The first-order chi connectivity index (χ1) is 10.3. The molecule has 1 aliphatic rings.